The summed E-state index contributed by atoms with van der Waals surface area (Å²) < 4.78 is 0. The SMILES string of the molecule is CC1(C)c2ccccc2-c2c1cc1c3c(cc4c(c23)-c2ccccc2C4(C)C)-c2cc(C#N)cc3c2B1c1cc2c(c4c5c(cc-3c14)C(C)(C)c1ccccc1-5)-c1ccccc1C2(C)C. The van der Waals surface area contributed by atoms with E-state index in [4.69, 9.17) is 0 Å². The van der Waals surface area contributed by atoms with Gasteiger partial charge in [-0.25, -0.2) is 0 Å². The molecule has 9 aromatic carbocycles. The van der Waals surface area contributed by atoms with Gasteiger partial charge in [0.15, 0.2) is 0 Å². The summed E-state index contributed by atoms with van der Waals surface area (Å²) in [5.74, 6) is 0. The van der Waals surface area contributed by atoms with Crippen LogP contribution in [0.2, 0.25) is 0 Å². The molecule has 0 spiro atoms. The highest BCUT2D eigenvalue weighted by Gasteiger charge is 2.50. The van der Waals surface area contributed by atoms with Gasteiger partial charge in [0.05, 0.1) is 11.6 Å². The Morgan fingerprint density at radius 2 is 0.646 bits per heavy atom. The fraction of sp³-hybridized carbons (Fsp3) is 0.190. The predicted octanol–water partition coefficient (Wildman–Crippen LogP) is 13.6. The standard InChI is InChI=1S/C63H46BN/c1-60(2)41-21-13-9-17-33(41)51-45(60)27-37-39-25-32(31-65)26-40-38-28-46-52(34-18-10-14-22-42(34)61(46,3)4)58-54-36-20-12-16-24-44(36)63(7,8)48(54)30-50(56(38)58)64(59(39)40)49-29-47-53(57(51)55(37)49)35-19-11-15-23-43(35)62(47,5)6/h9-30H,1-8H3. The van der Waals surface area contributed by atoms with Gasteiger partial charge in [0, 0.05) is 21.7 Å². The fourth-order valence-corrected chi connectivity index (χ4v) is 14.8. The topological polar surface area (TPSA) is 23.8 Å². The maximum absolute atomic E-state index is 11.1. The molecule has 0 fully saturated rings. The maximum atomic E-state index is 11.1. The van der Waals surface area contributed by atoms with E-state index in [1.54, 1.807) is 0 Å². The first-order valence-electron chi connectivity index (χ1n) is 23.6. The molecule has 15 rings (SSSR count). The Bertz CT molecular complexity index is 3620. The molecule has 0 aromatic heterocycles. The third-order valence-corrected chi connectivity index (χ3v) is 17.8. The molecule has 0 atom stereocenters. The zero-order chi connectivity index (χ0) is 44.0. The van der Waals surface area contributed by atoms with Crippen LogP contribution < -0.4 is 16.4 Å². The van der Waals surface area contributed by atoms with Crippen molar-refractivity contribution in [1.29, 1.82) is 5.26 Å². The van der Waals surface area contributed by atoms with E-state index in [0.29, 0.717) is 0 Å². The molecule has 306 valence electrons. The van der Waals surface area contributed by atoms with Gasteiger partial charge in [0.25, 0.3) is 0 Å². The van der Waals surface area contributed by atoms with Crippen LogP contribution in [0.15, 0.2) is 133 Å². The molecular formula is C63H46BN. The fourth-order valence-electron chi connectivity index (χ4n) is 14.8. The first kappa shape index (κ1) is 36.4. The number of fused-ring (bicyclic) bond motifs is 20. The lowest BCUT2D eigenvalue weighted by atomic mass is 9.30. The molecule has 2 heterocycles. The van der Waals surface area contributed by atoms with E-state index in [-0.39, 0.29) is 28.4 Å². The molecule has 4 aliphatic carbocycles. The van der Waals surface area contributed by atoms with Crippen LogP contribution in [0.25, 0.3) is 88.3 Å². The van der Waals surface area contributed by atoms with Crippen molar-refractivity contribution in [3.05, 3.63) is 184 Å². The largest absolute Gasteiger partial charge is 0.244 e. The number of rotatable bonds is 0. The number of nitriles is 1. The Hall–Kier alpha value is -6.95. The quantitative estimate of drug-likeness (QED) is 0.140. The number of hydrogen-bond acceptors (Lipinski definition) is 1. The minimum atomic E-state index is -0.211. The van der Waals surface area contributed by atoms with E-state index < -0.39 is 0 Å². The molecule has 0 bridgehead atoms. The first-order chi connectivity index (χ1) is 31.3. The summed E-state index contributed by atoms with van der Waals surface area (Å²) in [5.41, 5.74) is 31.1. The van der Waals surface area contributed by atoms with Gasteiger partial charge in [0.1, 0.15) is 0 Å². The van der Waals surface area contributed by atoms with E-state index in [0.717, 1.165) is 5.56 Å². The Morgan fingerprint density at radius 1 is 0.338 bits per heavy atom. The van der Waals surface area contributed by atoms with Gasteiger partial charge in [-0.1, -0.05) is 181 Å². The lowest BCUT2D eigenvalue weighted by Gasteiger charge is -2.38. The van der Waals surface area contributed by atoms with Gasteiger partial charge in [-0.15, -0.1) is 0 Å². The zero-order valence-corrected chi connectivity index (χ0v) is 38.2. The lowest BCUT2D eigenvalue weighted by molar-refractivity contribution is 0.660. The number of nitrogens with zero attached hydrogens (tertiary/aromatic N) is 1. The Morgan fingerprint density at radius 3 is 0.969 bits per heavy atom. The van der Waals surface area contributed by atoms with E-state index >= 15 is 0 Å². The monoisotopic (exact) mass is 827 g/mol. The maximum Gasteiger partial charge on any atom is 0.244 e. The van der Waals surface area contributed by atoms with E-state index in [1.807, 2.05) is 0 Å². The first-order valence-corrected chi connectivity index (χ1v) is 23.6. The second kappa shape index (κ2) is 11.1. The van der Waals surface area contributed by atoms with Crippen molar-refractivity contribution in [2.45, 2.75) is 77.0 Å². The van der Waals surface area contributed by atoms with Gasteiger partial charge in [0.2, 0.25) is 6.71 Å². The van der Waals surface area contributed by atoms with Crippen LogP contribution in [0.4, 0.5) is 0 Å². The van der Waals surface area contributed by atoms with Crippen LogP contribution >= 0.6 is 0 Å². The number of benzene rings is 9. The molecule has 0 unspecified atom stereocenters. The average molecular weight is 828 g/mol. The Kier molecular flexibility index (Phi) is 6.22. The highest BCUT2D eigenvalue weighted by atomic mass is 14.5. The third kappa shape index (κ3) is 3.88. The van der Waals surface area contributed by atoms with Crippen LogP contribution in [0.5, 0.6) is 0 Å². The molecule has 65 heavy (non-hydrogen) atoms. The van der Waals surface area contributed by atoms with Crippen molar-refractivity contribution in [2.24, 2.45) is 0 Å². The minimum absolute atomic E-state index is 0.0437. The van der Waals surface area contributed by atoms with Crippen LogP contribution in [-0.2, 0) is 21.7 Å². The zero-order valence-electron chi connectivity index (χ0n) is 38.2. The highest BCUT2D eigenvalue weighted by molar-refractivity contribution is 7.01. The van der Waals surface area contributed by atoms with Gasteiger partial charge in [-0.2, -0.15) is 5.26 Å². The summed E-state index contributed by atoms with van der Waals surface area (Å²) in [5, 5.41) is 16.6. The van der Waals surface area contributed by atoms with Crippen LogP contribution in [0.1, 0.15) is 105 Å². The summed E-state index contributed by atoms with van der Waals surface area (Å²) in [6.45, 7) is 19.4. The second-order valence-electron chi connectivity index (χ2n) is 22.2. The van der Waals surface area contributed by atoms with Gasteiger partial charge >= 0.3 is 0 Å². The molecule has 0 radical (unpaired) electrons. The molecule has 2 heteroatoms. The Labute approximate surface area is 381 Å². The van der Waals surface area contributed by atoms with Crippen molar-refractivity contribution in [1.82, 2.24) is 0 Å². The third-order valence-electron chi connectivity index (χ3n) is 17.8. The summed E-state index contributed by atoms with van der Waals surface area (Å²) in [7, 11) is 0. The highest BCUT2D eigenvalue weighted by Crippen LogP contribution is 2.62. The molecule has 1 nitrogen and oxygen atoms in total. The van der Waals surface area contributed by atoms with E-state index in [9.17, 15) is 5.26 Å². The van der Waals surface area contributed by atoms with Crippen LogP contribution in [0, 0.1) is 11.3 Å². The normalized spacial score (nSPS) is 17.4. The molecule has 6 aliphatic rings. The van der Waals surface area contributed by atoms with Crippen molar-refractivity contribution in [3.8, 4) is 72.8 Å². The molecule has 9 aromatic rings. The van der Waals surface area contributed by atoms with Crippen molar-refractivity contribution >= 4 is 44.6 Å². The van der Waals surface area contributed by atoms with Gasteiger partial charge in [-0.05, 0) is 157 Å². The number of hydrogen-bond donors (Lipinski definition) is 0. The summed E-state index contributed by atoms with van der Waals surface area (Å²) in [4.78, 5) is 0. The van der Waals surface area contributed by atoms with E-state index in [2.05, 4.69) is 195 Å². The molecule has 0 N–H and O–H groups in total. The predicted molar refractivity (Wildman–Crippen MR) is 272 cm³/mol. The van der Waals surface area contributed by atoms with Crippen LogP contribution in [-0.4, -0.2) is 6.71 Å². The second-order valence-corrected chi connectivity index (χ2v) is 22.2. The Balaban J connectivity index is 1.20. The van der Waals surface area contributed by atoms with Gasteiger partial charge < -0.3 is 0 Å². The van der Waals surface area contributed by atoms with Crippen molar-refractivity contribution in [3.63, 3.8) is 0 Å². The van der Waals surface area contributed by atoms with Gasteiger partial charge in [-0.3, -0.25) is 0 Å². The lowest BCUT2D eigenvalue weighted by Crippen LogP contribution is -2.58. The van der Waals surface area contributed by atoms with Crippen molar-refractivity contribution in [2.75, 3.05) is 0 Å². The molecule has 2 aliphatic heterocycles. The van der Waals surface area contributed by atoms with E-state index in [1.165, 1.54) is 149 Å². The van der Waals surface area contributed by atoms with Crippen molar-refractivity contribution < 1.29 is 0 Å². The summed E-state index contributed by atoms with van der Waals surface area (Å²) in [6.07, 6.45) is 0. The molecule has 0 amide bonds. The summed E-state index contributed by atoms with van der Waals surface area (Å²) >= 11 is 0. The molecular weight excluding hydrogens is 782 g/mol. The summed E-state index contributed by atoms with van der Waals surface area (Å²) in [6, 6.07) is 54.4. The smallest absolute Gasteiger partial charge is 0.192 e. The van der Waals surface area contributed by atoms with Crippen LogP contribution in [0.3, 0.4) is 0 Å². The minimum Gasteiger partial charge on any atom is -0.192 e. The molecule has 0 saturated heterocycles. The molecule has 0 saturated carbocycles. The average Bonchev–Trinajstić information content (AvgIpc) is 3.88.